The summed E-state index contributed by atoms with van der Waals surface area (Å²) in [4.78, 5) is 13.6. The van der Waals surface area contributed by atoms with Crippen molar-refractivity contribution in [3.8, 4) is 5.75 Å². The van der Waals surface area contributed by atoms with Crippen LogP contribution in [-0.4, -0.2) is 34.7 Å². The second-order valence-electron chi connectivity index (χ2n) is 11.9. The molecule has 0 bridgehead atoms. The lowest BCUT2D eigenvalue weighted by molar-refractivity contribution is -0.142. The van der Waals surface area contributed by atoms with Crippen molar-refractivity contribution in [2.24, 2.45) is 11.8 Å². The van der Waals surface area contributed by atoms with Gasteiger partial charge in [-0.2, -0.15) is 26.3 Å². The molecule has 5 rings (SSSR count). The summed E-state index contributed by atoms with van der Waals surface area (Å²) in [6.07, 6.45) is -4.72. The number of hydrogen-bond acceptors (Lipinski definition) is 3. The molecule has 1 aliphatic carbocycles. The van der Waals surface area contributed by atoms with Gasteiger partial charge < -0.3 is 9.84 Å². The minimum Gasteiger partial charge on any atom is -0.487 e. The molecule has 3 aliphatic rings. The van der Waals surface area contributed by atoms with E-state index in [2.05, 4.69) is 0 Å². The average molecular weight is 584 g/mol. The first-order valence-electron chi connectivity index (χ1n) is 14.3. The van der Waals surface area contributed by atoms with Crippen molar-refractivity contribution >= 4 is 5.97 Å². The van der Waals surface area contributed by atoms with Gasteiger partial charge in [0, 0.05) is 19.1 Å². The number of carbonyl (C=O) groups is 1. The quantitative estimate of drug-likeness (QED) is 0.334. The van der Waals surface area contributed by atoms with E-state index >= 15 is 0 Å². The summed E-state index contributed by atoms with van der Waals surface area (Å²) < 4.78 is 88.5. The van der Waals surface area contributed by atoms with Crippen molar-refractivity contribution in [3.05, 3.63) is 64.2 Å². The Balaban J connectivity index is 1.36. The molecule has 0 amide bonds. The van der Waals surface area contributed by atoms with E-state index in [0.29, 0.717) is 50.0 Å². The molecule has 41 heavy (non-hydrogen) atoms. The van der Waals surface area contributed by atoms with Gasteiger partial charge in [0.2, 0.25) is 0 Å². The first-order chi connectivity index (χ1) is 19.2. The summed E-state index contributed by atoms with van der Waals surface area (Å²) in [7, 11) is 0. The lowest BCUT2D eigenvalue weighted by atomic mass is 9.80. The zero-order valence-corrected chi connectivity index (χ0v) is 23.1. The summed E-state index contributed by atoms with van der Waals surface area (Å²) in [6, 6.07) is 6.87. The van der Waals surface area contributed by atoms with Crippen LogP contribution in [0.3, 0.4) is 0 Å². The van der Waals surface area contributed by atoms with Crippen LogP contribution in [0.4, 0.5) is 26.3 Å². The Labute approximate surface area is 235 Å². The van der Waals surface area contributed by atoms with Gasteiger partial charge in [-0.05, 0) is 97.7 Å². The number of halogens is 6. The van der Waals surface area contributed by atoms with E-state index in [1.165, 1.54) is 0 Å². The molecule has 3 atom stereocenters. The van der Waals surface area contributed by atoms with Crippen LogP contribution in [0.1, 0.15) is 92.1 Å². The number of likely N-dealkylation sites (tertiary alicyclic amines) is 1. The summed E-state index contributed by atoms with van der Waals surface area (Å²) in [5.41, 5.74) is -0.986. The number of rotatable bonds is 7. The number of nitrogens with zero attached hydrogens (tertiary/aromatic N) is 1. The van der Waals surface area contributed by atoms with Crippen LogP contribution >= 0.6 is 0 Å². The molecule has 2 aromatic carbocycles. The van der Waals surface area contributed by atoms with Crippen LogP contribution in [-0.2, 0) is 23.6 Å². The summed E-state index contributed by atoms with van der Waals surface area (Å²) >= 11 is 0. The van der Waals surface area contributed by atoms with E-state index in [0.717, 1.165) is 42.6 Å². The lowest BCUT2D eigenvalue weighted by Gasteiger charge is -2.47. The highest BCUT2D eigenvalue weighted by molar-refractivity contribution is 5.71. The predicted molar refractivity (Wildman–Crippen MR) is 141 cm³/mol. The molecular weight excluding hydrogens is 548 g/mol. The normalized spacial score (nSPS) is 21.6. The number of carboxylic acids is 1. The highest BCUT2D eigenvalue weighted by atomic mass is 19.4. The third kappa shape index (κ3) is 6.08. The largest absolute Gasteiger partial charge is 0.487 e. The second-order valence-corrected chi connectivity index (χ2v) is 11.9. The smallest absolute Gasteiger partial charge is 0.416 e. The van der Waals surface area contributed by atoms with Crippen LogP contribution in [0.25, 0.3) is 0 Å². The van der Waals surface area contributed by atoms with Crippen molar-refractivity contribution in [3.63, 3.8) is 0 Å². The number of ether oxygens (including phenoxy) is 1. The molecule has 10 heteroatoms. The van der Waals surface area contributed by atoms with Crippen LogP contribution < -0.4 is 4.74 Å². The first-order valence-corrected chi connectivity index (χ1v) is 14.3. The molecule has 2 heterocycles. The average Bonchev–Trinajstić information content (AvgIpc) is 3.74. The zero-order chi connectivity index (χ0) is 29.7. The fourth-order valence-corrected chi connectivity index (χ4v) is 6.85. The number of alkyl halides is 6. The molecular formula is C31H35F6NO3. The number of benzene rings is 2. The summed E-state index contributed by atoms with van der Waals surface area (Å²) in [5.74, 6) is -0.381. The van der Waals surface area contributed by atoms with Crippen LogP contribution in [0, 0.1) is 11.8 Å². The number of aliphatic carboxylic acids is 1. The Kier molecular flexibility index (Phi) is 7.85. The Bertz CT molecular complexity index is 1280. The molecule has 1 N–H and O–H groups in total. The summed E-state index contributed by atoms with van der Waals surface area (Å²) in [5, 5.41) is 9.66. The molecule has 1 spiro atoms. The van der Waals surface area contributed by atoms with E-state index in [-0.39, 0.29) is 17.9 Å². The van der Waals surface area contributed by atoms with E-state index < -0.39 is 47.0 Å². The molecule has 1 saturated carbocycles. The SMILES string of the molecule is CC[C@H](c1cc(C(F)(F)F)ccc1C(F)(F)F)N1CCC2(CCc3ccc(C(C4CC4)[C@H](C)C(=O)O)cc3O2)CC1. The van der Waals surface area contributed by atoms with Crippen molar-refractivity contribution in [2.75, 3.05) is 13.1 Å². The standard InChI is InChI=1S/C31H35F6NO3/c1-3-25(23-17-22(30(32,33)34)8-9-24(23)31(35,36)37)38-14-12-29(13-15-38)11-10-19-4-7-21(16-26(19)41-29)27(20-5-6-20)18(2)28(39)40/h4,7-9,16-18,20,25,27H,3,5-6,10-15H2,1-2H3,(H,39,40)/t18-,25+,27?/m0/s1. The number of aryl methyl sites for hydroxylation is 1. The molecule has 2 aliphatic heterocycles. The predicted octanol–water partition coefficient (Wildman–Crippen LogP) is 8.25. The van der Waals surface area contributed by atoms with E-state index in [1.54, 1.807) is 13.8 Å². The topological polar surface area (TPSA) is 49.8 Å². The third-order valence-electron chi connectivity index (χ3n) is 9.29. The molecule has 1 unspecified atom stereocenters. The maximum Gasteiger partial charge on any atom is 0.416 e. The van der Waals surface area contributed by atoms with Crippen molar-refractivity contribution in [1.82, 2.24) is 4.90 Å². The molecule has 4 nitrogen and oxygen atoms in total. The van der Waals surface area contributed by atoms with Crippen molar-refractivity contribution < 1.29 is 41.0 Å². The molecule has 1 saturated heterocycles. The van der Waals surface area contributed by atoms with Gasteiger partial charge in [0.25, 0.3) is 0 Å². The van der Waals surface area contributed by atoms with Gasteiger partial charge in [0.15, 0.2) is 0 Å². The molecule has 0 radical (unpaired) electrons. The van der Waals surface area contributed by atoms with Gasteiger partial charge >= 0.3 is 18.3 Å². The second kappa shape index (κ2) is 10.8. The number of fused-ring (bicyclic) bond motifs is 1. The van der Waals surface area contributed by atoms with Crippen molar-refractivity contribution in [2.45, 2.75) is 88.7 Å². The van der Waals surface area contributed by atoms with Gasteiger partial charge in [-0.1, -0.05) is 26.0 Å². The highest BCUT2D eigenvalue weighted by Crippen LogP contribution is 2.49. The van der Waals surface area contributed by atoms with Crippen molar-refractivity contribution in [1.29, 1.82) is 0 Å². The number of carboxylic acid groups (broad SMARTS) is 1. The number of piperidine rings is 1. The van der Waals surface area contributed by atoms with Gasteiger partial charge in [0.1, 0.15) is 11.4 Å². The van der Waals surface area contributed by atoms with Crippen LogP contribution in [0.5, 0.6) is 5.75 Å². The van der Waals surface area contributed by atoms with E-state index in [1.807, 2.05) is 23.1 Å². The number of hydrogen-bond donors (Lipinski definition) is 1. The zero-order valence-electron chi connectivity index (χ0n) is 23.1. The van der Waals surface area contributed by atoms with Crippen LogP contribution in [0.2, 0.25) is 0 Å². The Morgan fingerprint density at radius 3 is 2.27 bits per heavy atom. The molecule has 0 aromatic heterocycles. The first kappa shape index (κ1) is 29.7. The molecule has 2 aromatic rings. The monoisotopic (exact) mass is 583 g/mol. The van der Waals surface area contributed by atoms with Gasteiger partial charge in [-0.25, -0.2) is 0 Å². The Morgan fingerprint density at radius 2 is 1.71 bits per heavy atom. The fraction of sp³-hybridized carbons (Fsp3) is 0.581. The Hall–Kier alpha value is -2.75. The maximum atomic E-state index is 13.9. The molecule has 2 fully saturated rings. The van der Waals surface area contributed by atoms with Gasteiger partial charge in [-0.15, -0.1) is 0 Å². The Morgan fingerprint density at radius 1 is 1.02 bits per heavy atom. The van der Waals surface area contributed by atoms with Gasteiger partial charge in [0.05, 0.1) is 17.0 Å². The minimum atomic E-state index is -4.77. The third-order valence-corrected chi connectivity index (χ3v) is 9.29. The van der Waals surface area contributed by atoms with E-state index in [9.17, 15) is 36.2 Å². The van der Waals surface area contributed by atoms with Gasteiger partial charge in [-0.3, -0.25) is 9.69 Å². The minimum absolute atomic E-state index is 0.0956. The molecule has 224 valence electrons. The van der Waals surface area contributed by atoms with E-state index in [4.69, 9.17) is 4.74 Å². The fourth-order valence-electron chi connectivity index (χ4n) is 6.85. The van der Waals surface area contributed by atoms with Crippen LogP contribution in [0.15, 0.2) is 36.4 Å². The lowest BCUT2D eigenvalue weighted by Crippen LogP contribution is -2.50. The summed E-state index contributed by atoms with van der Waals surface area (Å²) in [6.45, 7) is 4.21. The maximum absolute atomic E-state index is 13.9. The highest BCUT2D eigenvalue weighted by Gasteiger charge is 2.44.